The first-order chi connectivity index (χ1) is 7.29. The Kier molecular flexibility index (Phi) is 4.44. The fourth-order valence-electron chi connectivity index (χ4n) is 1.47. The molecule has 0 saturated heterocycles. The Morgan fingerprint density at radius 2 is 1.65 bits per heavy atom. The highest BCUT2D eigenvalue weighted by Crippen LogP contribution is 2.10. The summed E-state index contributed by atoms with van der Waals surface area (Å²) in [5.74, 6) is -0.251. The van der Waals surface area contributed by atoms with Crippen molar-refractivity contribution in [2.45, 2.75) is 21.3 Å². The summed E-state index contributed by atoms with van der Waals surface area (Å²) in [7, 11) is 4.46. The lowest BCUT2D eigenvalue weighted by Gasteiger charge is -2.19. The molecule has 1 amide bonds. The number of hydrogen-bond donors (Lipinski definition) is 0. The summed E-state index contributed by atoms with van der Waals surface area (Å²) in [6.45, 7) is 3.00. The molecule has 0 N–H and O–H groups in total. The van der Waals surface area contributed by atoms with Crippen LogP contribution in [0.1, 0.15) is 20.0 Å². The van der Waals surface area contributed by atoms with E-state index in [0.717, 1.165) is 4.57 Å². The predicted molar refractivity (Wildman–Crippen MR) is 67.5 cm³/mol. The molecule has 0 saturated carbocycles. The molecule has 17 heavy (non-hydrogen) atoms. The lowest BCUT2D eigenvalue weighted by molar-refractivity contribution is -0.116. The van der Waals surface area contributed by atoms with Crippen LogP contribution in [0.25, 0.3) is 0 Å². The van der Waals surface area contributed by atoms with Crippen molar-refractivity contribution in [1.29, 1.82) is 0 Å². The molecule has 0 aliphatic heterocycles. The highest BCUT2D eigenvalue weighted by Gasteiger charge is 2.17. The van der Waals surface area contributed by atoms with Crippen LogP contribution in [0.2, 0.25) is 0 Å². The van der Waals surface area contributed by atoms with Crippen LogP contribution in [0.4, 0.5) is 5.69 Å². The molecule has 0 radical (unpaired) electrons. The van der Waals surface area contributed by atoms with E-state index in [-0.39, 0.29) is 19.0 Å². The molecule has 1 heterocycles. The minimum Gasteiger partial charge on any atom is -0.309 e. The van der Waals surface area contributed by atoms with Crippen molar-refractivity contribution in [2.24, 2.45) is 14.1 Å². The Morgan fingerprint density at radius 3 is 2.06 bits per heavy atom. The molecule has 0 atom stereocenters. The van der Waals surface area contributed by atoms with Crippen molar-refractivity contribution in [1.82, 2.24) is 9.13 Å². The van der Waals surface area contributed by atoms with E-state index in [1.54, 1.807) is 14.0 Å². The van der Waals surface area contributed by atoms with Gasteiger partial charge in [0.15, 0.2) is 0 Å². The quantitative estimate of drug-likeness (QED) is 0.695. The van der Waals surface area contributed by atoms with Crippen LogP contribution < -0.4 is 16.1 Å². The number of carbonyl (C=O) groups excluding carboxylic acids is 1. The average molecular weight is 241 g/mol. The first kappa shape index (κ1) is 15.2. The fourth-order valence-corrected chi connectivity index (χ4v) is 1.47. The monoisotopic (exact) mass is 241 g/mol. The summed E-state index contributed by atoms with van der Waals surface area (Å²) in [6.07, 6.45) is 0. The van der Waals surface area contributed by atoms with Gasteiger partial charge in [0.1, 0.15) is 5.69 Å². The van der Waals surface area contributed by atoms with Crippen molar-refractivity contribution in [3.8, 4) is 0 Å². The van der Waals surface area contributed by atoms with Crippen LogP contribution >= 0.6 is 0 Å². The summed E-state index contributed by atoms with van der Waals surface area (Å²) in [5, 5.41) is 0. The van der Waals surface area contributed by atoms with Gasteiger partial charge in [0.25, 0.3) is 5.56 Å². The maximum Gasteiger partial charge on any atom is 0.330 e. The first-order valence-corrected chi connectivity index (χ1v) is 4.80. The SMILES string of the molecule is C.CC(=O)N(C)c1c(C)n(C)c(=O)n(C)c1=O. The first-order valence-electron chi connectivity index (χ1n) is 4.80. The van der Waals surface area contributed by atoms with E-state index in [0.29, 0.717) is 5.69 Å². The molecule has 96 valence electrons. The van der Waals surface area contributed by atoms with Crippen molar-refractivity contribution < 1.29 is 4.79 Å². The number of nitrogens with zero attached hydrogens (tertiary/aromatic N) is 3. The molecule has 0 aliphatic rings. The maximum atomic E-state index is 11.9. The Labute approximate surface area is 100 Å². The van der Waals surface area contributed by atoms with Gasteiger partial charge in [0, 0.05) is 33.8 Å². The van der Waals surface area contributed by atoms with E-state index in [1.165, 1.54) is 30.5 Å². The number of aromatic nitrogens is 2. The summed E-state index contributed by atoms with van der Waals surface area (Å²) in [6, 6.07) is 0. The largest absolute Gasteiger partial charge is 0.330 e. The van der Waals surface area contributed by atoms with Crippen LogP contribution in [0.5, 0.6) is 0 Å². The van der Waals surface area contributed by atoms with Gasteiger partial charge in [-0.1, -0.05) is 7.43 Å². The highest BCUT2D eigenvalue weighted by atomic mass is 16.2. The topological polar surface area (TPSA) is 64.3 Å². The normalized spacial score (nSPS) is 9.71. The third kappa shape index (κ3) is 2.30. The zero-order valence-electron chi connectivity index (χ0n) is 10.1. The number of anilines is 1. The van der Waals surface area contributed by atoms with E-state index in [2.05, 4.69) is 0 Å². The minimum atomic E-state index is -0.460. The summed E-state index contributed by atoms with van der Waals surface area (Å²) < 4.78 is 2.33. The molecule has 0 fully saturated rings. The lowest BCUT2D eigenvalue weighted by atomic mass is 10.3. The molecule has 0 bridgehead atoms. The standard InChI is InChI=1S/C10H15N3O3.CH4/c1-6-8(12(4)7(2)14)9(15)13(5)10(16)11(6)3;/h1-5H3;1H4. The number of carbonyl (C=O) groups is 1. The Balaban J connectivity index is 0.00000256. The van der Waals surface area contributed by atoms with Crippen LogP contribution in [-0.2, 0) is 18.9 Å². The fraction of sp³-hybridized carbons (Fsp3) is 0.545. The van der Waals surface area contributed by atoms with Gasteiger partial charge in [0.2, 0.25) is 5.91 Å². The second-order valence-corrected chi connectivity index (χ2v) is 3.72. The van der Waals surface area contributed by atoms with Gasteiger partial charge in [0.05, 0.1) is 0 Å². The van der Waals surface area contributed by atoms with Gasteiger partial charge in [-0.05, 0) is 6.92 Å². The zero-order valence-corrected chi connectivity index (χ0v) is 10.1. The average Bonchev–Trinajstić information content (AvgIpc) is 2.23. The molecule has 6 heteroatoms. The van der Waals surface area contributed by atoms with E-state index in [1.807, 2.05) is 0 Å². The highest BCUT2D eigenvalue weighted by molar-refractivity contribution is 5.91. The molecule has 0 aliphatic carbocycles. The van der Waals surface area contributed by atoms with Crippen molar-refractivity contribution in [3.63, 3.8) is 0 Å². The van der Waals surface area contributed by atoms with Crippen molar-refractivity contribution >= 4 is 11.6 Å². The molecule has 1 rings (SSSR count). The molecule has 0 unspecified atom stereocenters. The summed E-state index contributed by atoms with van der Waals surface area (Å²) in [4.78, 5) is 35.9. The second kappa shape index (κ2) is 4.99. The number of amides is 1. The van der Waals surface area contributed by atoms with Crippen LogP contribution in [0, 0.1) is 6.92 Å². The van der Waals surface area contributed by atoms with Crippen molar-refractivity contribution in [2.75, 3.05) is 11.9 Å². The van der Waals surface area contributed by atoms with Crippen LogP contribution in [0.3, 0.4) is 0 Å². The lowest BCUT2D eigenvalue weighted by Crippen LogP contribution is -2.42. The van der Waals surface area contributed by atoms with Gasteiger partial charge in [-0.3, -0.25) is 18.7 Å². The number of hydrogen-bond acceptors (Lipinski definition) is 3. The van der Waals surface area contributed by atoms with Crippen LogP contribution in [-0.4, -0.2) is 22.1 Å². The zero-order chi connectivity index (χ0) is 12.6. The Hall–Kier alpha value is -1.85. The molecule has 1 aromatic rings. The van der Waals surface area contributed by atoms with E-state index in [4.69, 9.17) is 0 Å². The minimum absolute atomic E-state index is 0. The third-order valence-electron chi connectivity index (χ3n) is 2.73. The van der Waals surface area contributed by atoms with E-state index >= 15 is 0 Å². The van der Waals surface area contributed by atoms with Gasteiger partial charge >= 0.3 is 5.69 Å². The predicted octanol–water partition coefficient (Wildman–Crippen LogP) is 0.0112. The van der Waals surface area contributed by atoms with Crippen molar-refractivity contribution in [3.05, 3.63) is 26.5 Å². The van der Waals surface area contributed by atoms with Gasteiger partial charge < -0.3 is 4.90 Å². The second-order valence-electron chi connectivity index (χ2n) is 3.72. The third-order valence-corrected chi connectivity index (χ3v) is 2.73. The van der Waals surface area contributed by atoms with Gasteiger partial charge in [-0.25, -0.2) is 4.79 Å². The Morgan fingerprint density at radius 1 is 1.18 bits per heavy atom. The maximum absolute atomic E-state index is 11.9. The molecular weight excluding hydrogens is 222 g/mol. The van der Waals surface area contributed by atoms with E-state index < -0.39 is 11.2 Å². The molecule has 0 spiro atoms. The summed E-state index contributed by atoms with van der Waals surface area (Å²) >= 11 is 0. The molecule has 6 nitrogen and oxygen atoms in total. The van der Waals surface area contributed by atoms with Gasteiger partial charge in [-0.15, -0.1) is 0 Å². The Bertz CT molecular complexity index is 554. The van der Waals surface area contributed by atoms with Gasteiger partial charge in [-0.2, -0.15) is 0 Å². The molecule has 1 aromatic heterocycles. The number of rotatable bonds is 1. The van der Waals surface area contributed by atoms with Crippen LogP contribution in [0.15, 0.2) is 9.59 Å². The molecule has 0 aromatic carbocycles. The molecular formula is C11H19N3O3. The van der Waals surface area contributed by atoms with E-state index in [9.17, 15) is 14.4 Å². The summed E-state index contributed by atoms with van der Waals surface area (Å²) in [5.41, 5.74) is -0.149. The smallest absolute Gasteiger partial charge is 0.309 e.